The first kappa shape index (κ1) is 16.0. The molecule has 0 fully saturated rings. The first-order chi connectivity index (χ1) is 12.5. The molecular formula is C20H13FN2O3. The molecule has 0 aliphatic carbocycles. The van der Waals surface area contributed by atoms with Crippen molar-refractivity contribution < 1.29 is 8.81 Å². The van der Waals surface area contributed by atoms with Gasteiger partial charge in [-0.15, -0.1) is 0 Å². The lowest BCUT2D eigenvalue weighted by atomic mass is 10.1. The molecule has 2 heterocycles. The van der Waals surface area contributed by atoms with E-state index in [1.165, 1.54) is 16.7 Å². The molecule has 6 heteroatoms. The average molecular weight is 348 g/mol. The van der Waals surface area contributed by atoms with Crippen LogP contribution in [0.2, 0.25) is 0 Å². The summed E-state index contributed by atoms with van der Waals surface area (Å²) < 4.78 is 20.2. The second-order valence-electron chi connectivity index (χ2n) is 5.84. The molecular weight excluding hydrogens is 335 g/mol. The fraction of sp³-hybridized carbons (Fsp3) is 0.0500. The third kappa shape index (κ3) is 2.61. The molecule has 0 aliphatic heterocycles. The zero-order valence-electron chi connectivity index (χ0n) is 13.8. The average Bonchev–Trinajstić information content (AvgIpc) is 2.64. The molecule has 26 heavy (non-hydrogen) atoms. The predicted octanol–water partition coefficient (Wildman–Crippen LogP) is 3.36. The van der Waals surface area contributed by atoms with Gasteiger partial charge in [-0.3, -0.25) is 4.79 Å². The summed E-state index contributed by atoms with van der Waals surface area (Å²) in [6, 6.07) is 16.4. The van der Waals surface area contributed by atoms with Crippen molar-refractivity contribution in [3.05, 3.63) is 87.4 Å². The van der Waals surface area contributed by atoms with Gasteiger partial charge in [0.15, 0.2) is 0 Å². The lowest BCUT2D eigenvalue weighted by molar-refractivity contribution is 0.531. The van der Waals surface area contributed by atoms with E-state index in [1.807, 2.05) is 6.07 Å². The van der Waals surface area contributed by atoms with Crippen LogP contribution in [-0.4, -0.2) is 9.55 Å². The summed E-state index contributed by atoms with van der Waals surface area (Å²) in [6.07, 6.45) is 0. The Bertz CT molecular complexity index is 1240. The van der Waals surface area contributed by atoms with E-state index in [4.69, 9.17) is 4.42 Å². The minimum absolute atomic E-state index is 0.117. The molecule has 4 rings (SSSR count). The van der Waals surface area contributed by atoms with Gasteiger partial charge in [0.1, 0.15) is 16.8 Å². The van der Waals surface area contributed by atoms with Crippen molar-refractivity contribution >= 4 is 11.0 Å². The maximum absolute atomic E-state index is 13.6. The Kier molecular flexibility index (Phi) is 3.73. The lowest BCUT2D eigenvalue weighted by Crippen LogP contribution is -2.21. The highest BCUT2D eigenvalue weighted by Gasteiger charge is 2.17. The first-order valence-electron chi connectivity index (χ1n) is 7.91. The molecule has 5 nitrogen and oxygen atoms in total. The normalized spacial score (nSPS) is 11.0. The van der Waals surface area contributed by atoms with E-state index in [-0.39, 0.29) is 22.2 Å². The highest BCUT2D eigenvalue weighted by atomic mass is 19.1. The molecule has 0 aliphatic rings. The predicted molar refractivity (Wildman–Crippen MR) is 96.4 cm³/mol. The molecule has 2 aromatic carbocycles. The van der Waals surface area contributed by atoms with E-state index in [9.17, 15) is 14.0 Å². The third-order valence-corrected chi connectivity index (χ3v) is 4.20. The Morgan fingerprint density at radius 1 is 0.962 bits per heavy atom. The Morgan fingerprint density at radius 2 is 1.69 bits per heavy atom. The Balaban J connectivity index is 2.09. The van der Waals surface area contributed by atoms with Gasteiger partial charge in [0.05, 0.1) is 11.4 Å². The highest BCUT2D eigenvalue weighted by Crippen LogP contribution is 2.26. The molecule has 4 aromatic rings. The molecule has 0 saturated carbocycles. The Labute approximate surface area is 147 Å². The highest BCUT2D eigenvalue weighted by molar-refractivity contribution is 5.92. The van der Waals surface area contributed by atoms with Gasteiger partial charge in [-0.2, -0.15) is 4.98 Å². The van der Waals surface area contributed by atoms with Gasteiger partial charge >= 0.3 is 5.76 Å². The molecule has 0 radical (unpaired) electrons. The van der Waals surface area contributed by atoms with Crippen LogP contribution in [-0.2, 0) is 7.05 Å². The summed E-state index contributed by atoms with van der Waals surface area (Å²) in [5.41, 5.74) is 1.59. The van der Waals surface area contributed by atoms with Crippen LogP contribution in [0.25, 0.3) is 33.5 Å². The van der Waals surface area contributed by atoms with Crippen LogP contribution in [0.1, 0.15) is 0 Å². The number of hydrogen-bond donors (Lipinski definition) is 0. The molecule has 0 amide bonds. The van der Waals surface area contributed by atoms with Crippen LogP contribution in [0.4, 0.5) is 4.39 Å². The van der Waals surface area contributed by atoms with Crippen LogP contribution in [0.5, 0.6) is 0 Å². The minimum atomic E-state index is -0.796. The fourth-order valence-electron chi connectivity index (χ4n) is 2.97. The van der Waals surface area contributed by atoms with Crippen LogP contribution in [0.15, 0.2) is 74.7 Å². The molecule has 0 saturated heterocycles. The SMILES string of the molecule is Cn1c(-c2cccc(F)c2)cc2oc(=O)nc(-c3ccccc3)c2c1=O. The maximum Gasteiger partial charge on any atom is 0.439 e. The van der Waals surface area contributed by atoms with Crippen molar-refractivity contribution in [1.82, 2.24) is 9.55 Å². The number of pyridine rings is 1. The molecule has 2 aromatic heterocycles. The fourth-order valence-corrected chi connectivity index (χ4v) is 2.97. The topological polar surface area (TPSA) is 65.1 Å². The van der Waals surface area contributed by atoms with E-state index in [1.54, 1.807) is 49.5 Å². The molecule has 0 N–H and O–H groups in total. The zero-order chi connectivity index (χ0) is 18.3. The third-order valence-electron chi connectivity index (χ3n) is 4.20. The van der Waals surface area contributed by atoms with E-state index in [2.05, 4.69) is 4.98 Å². The lowest BCUT2D eigenvalue weighted by Gasteiger charge is -2.11. The second-order valence-corrected chi connectivity index (χ2v) is 5.84. The monoisotopic (exact) mass is 348 g/mol. The molecule has 0 spiro atoms. The van der Waals surface area contributed by atoms with Crippen molar-refractivity contribution in [1.29, 1.82) is 0 Å². The largest absolute Gasteiger partial charge is 0.439 e. The van der Waals surface area contributed by atoms with Gasteiger partial charge in [0, 0.05) is 24.2 Å². The Morgan fingerprint density at radius 3 is 2.42 bits per heavy atom. The number of benzene rings is 2. The number of aromatic nitrogens is 2. The maximum atomic E-state index is 13.6. The zero-order valence-corrected chi connectivity index (χ0v) is 13.8. The van der Waals surface area contributed by atoms with Gasteiger partial charge in [-0.1, -0.05) is 42.5 Å². The number of nitrogens with zero attached hydrogens (tertiary/aromatic N) is 2. The summed E-state index contributed by atoms with van der Waals surface area (Å²) in [7, 11) is 1.59. The van der Waals surface area contributed by atoms with Crippen LogP contribution >= 0.6 is 0 Å². The number of hydrogen-bond acceptors (Lipinski definition) is 4. The summed E-state index contributed by atoms with van der Waals surface area (Å²) >= 11 is 0. The van der Waals surface area contributed by atoms with Gasteiger partial charge in [0.25, 0.3) is 5.56 Å². The summed E-state index contributed by atoms with van der Waals surface area (Å²) in [5, 5.41) is 0.207. The number of fused-ring (bicyclic) bond motifs is 1. The summed E-state index contributed by atoms with van der Waals surface area (Å²) in [4.78, 5) is 28.8. The van der Waals surface area contributed by atoms with Crippen LogP contribution < -0.4 is 11.3 Å². The number of halogens is 1. The van der Waals surface area contributed by atoms with E-state index in [0.717, 1.165) is 0 Å². The molecule has 128 valence electrons. The molecule has 0 bridgehead atoms. The van der Waals surface area contributed by atoms with E-state index < -0.39 is 11.6 Å². The quantitative estimate of drug-likeness (QED) is 0.557. The van der Waals surface area contributed by atoms with Crippen molar-refractivity contribution in [2.45, 2.75) is 0 Å². The number of rotatable bonds is 2. The summed E-state index contributed by atoms with van der Waals surface area (Å²) in [6.45, 7) is 0. The van der Waals surface area contributed by atoms with Gasteiger partial charge in [-0.25, -0.2) is 9.18 Å². The molecule has 0 atom stereocenters. The van der Waals surface area contributed by atoms with Gasteiger partial charge in [-0.05, 0) is 12.1 Å². The van der Waals surface area contributed by atoms with Crippen LogP contribution in [0.3, 0.4) is 0 Å². The minimum Gasteiger partial charge on any atom is -0.408 e. The first-order valence-corrected chi connectivity index (χ1v) is 7.91. The van der Waals surface area contributed by atoms with Crippen LogP contribution in [0, 0.1) is 5.82 Å². The standard InChI is InChI=1S/C20H13FN2O3/c1-23-15(13-8-5-9-14(21)10-13)11-16-17(19(23)24)18(22-20(25)26-16)12-6-3-2-4-7-12/h2-11H,1H3. The smallest absolute Gasteiger partial charge is 0.408 e. The van der Waals surface area contributed by atoms with Gasteiger partial charge < -0.3 is 8.98 Å². The van der Waals surface area contributed by atoms with E-state index in [0.29, 0.717) is 16.8 Å². The van der Waals surface area contributed by atoms with Crippen molar-refractivity contribution in [3.63, 3.8) is 0 Å². The Hall–Kier alpha value is -3.54. The second kappa shape index (κ2) is 6.07. The van der Waals surface area contributed by atoms with Crippen molar-refractivity contribution in [3.8, 4) is 22.5 Å². The molecule has 0 unspecified atom stereocenters. The van der Waals surface area contributed by atoms with Crippen molar-refractivity contribution in [2.75, 3.05) is 0 Å². The van der Waals surface area contributed by atoms with Gasteiger partial charge in [0.2, 0.25) is 0 Å². The summed E-state index contributed by atoms with van der Waals surface area (Å²) in [5.74, 6) is -1.22. The van der Waals surface area contributed by atoms with Crippen molar-refractivity contribution in [2.24, 2.45) is 7.05 Å². The van der Waals surface area contributed by atoms with E-state index >= 15 is 0 Å².